The highest BCUT2D eigenvalue weighted by molar-refractivity contribution is 5.79. The van der Waals surface area contributed by atoms with Crippen LogP contribution in [0.25, 0.3) is 0 Å². The lowest BCUT2D eigenvalue weighted by atomic mass is 10.0. The zero-order valence-electron chi connectivity index (χ0n) is 8.43. The van der Waals surface area contributed by atoms with Gasteiger partial charge in [0.15, 0.2) is 0 Å². The van der Waals surface area contributed by atoms with Gasteiger partial charge in [-0.2, -0.15) is 8.78 Å². The molecule has 4 heteroatoms. The average molecular weight is 205 g/mol. The van der Waals surface area contributed by atoms with Crippen molar-refractivity contribution in [2.75, 3.05) is 0 Å². The summed E-state index contributed by atoms with van der Waals surface area (Å²) in [5.74, 6) is -0.465. The van der Waals surface area contributed by atoms with Crippen LogP contribution in [0, 0.1) is 5.92 Å². The molecular weight excluding hydrogens is 188 g/mol. The summed E-state index contributed by atoms with van der Waals surface area (Å²) < 4.78 is 23.9. The maximum absolute atomic E-state index is 11.9. The van der Waals surface area contributed by atoms with Gasteiger partial charge in [-0.3, -0.25) is 4.79 Å². The number of amides is 1. The molecule has 2 nitrogen and oxygen atoms in total. The number of nitrogens with one attached hydrogen (secondary N) is 1. The normalized spacial score (nSPS) is 28.6. The van der Waals surface area contributed by atoms with Crippen molar-refractivity contribution in [3.05, 3.63) is 0 Å². The lowest BCUT2D eigenvalue weighted by Crippen LogP contribution is -2.38. The van der Waals surface area contributed by atoms with Gasteiger partial charge in [0.2, 0.25) is 0 Å². The number of carbonyl (C=O) groups excluding carboxylic acids is 1. The van der Waals surface area contributed by atoms with E-state index in [1.807, 2.05) is 0 Å². The monoisotopic (exact) mass is 205 g/mol. The summed E-state index contributed by atoms with van der Waals surface area (Å²) in [7, 11) is 0. The fraction of sp³-hybridized carbons (Fsp3) is 0.900. The van der Waals surface area contributed by atoms with Gasteiger partial charge in [-0.15, -0.1) is 0 Å². The number of halogens is 2. The molecule has 0 saturated heterocycles. The number of rotatable bonds is 2. The molecule has 14 heavy (non-hydrogen) atoms. The molecule has 1 N–H and O–H groups in total. The Morgan fingerprint density at radius 3 is 2.64 bits per heavy atom. The highest BCUT2D eigenvalue weighted by Gasteiger charge is 2.21. The van der Waals surface area contributed by atoms with Crippen molar-refractivity contribution in [2.45, 2.75) is 51.5 Å². The van der Waals surface area contributed by atoms with Crippen molar-refractivity contribution in [2.24, 2.45) is 5.92 Å². The van der Waals surface area contributed by atoms with Crippen LogP contribution in [-0.4, -0.2) is 18.4 Å². The van der Waals surface area contributed by atoms with E-state index >= 15 is 0 Å². The predicted molar refractivity (Wildman–Crippen MR) is 50.2 cm³/mol. The van der Waals surface area contributed by atoms with Crippen LogP contribution in [0.4, 0.5) is 8.78 Å². The van der Waals surface area contributed by atoms with Crippen LogP contribution >= 0.6 is 0 Å². The number of carbonyl (C=O) groups is 1. The Hall–Kier alpha value is -0.670. The maximum Gasteiger partial charge on any atom is 0.315 e. The largest absolute Gasteiger partial charge is 0.348 e. The summed E-state index contributed by atoms with van der Waals surface area (Å²) in [5.41, 5.74) is 0. The van der Waals surface area contributed by atoms with E-state index in [-0.39, 0.29) is 6.04 Å². The van der Waals surface area contributed by atoms with Crippen molar-refractivity contribution in [3.63, 3.8) is 0 Å². The molecule has 0 aromatic rings. The minimum atomic E-state index is -2.88. The molecule has 1 amide bonds. The molecule has 0 spiro atoms. The molecule has 1 fully saturated rings. The van der Waals surface area contributed by atoms with Crippen LogP contribution in [0.1, 0.15) is 39.0 Å². The van der Waals surface area contributed by atoms with E-state index in [2.05, 4.69) is 12.2 Å². The fourth-order valence-corrected chi connectivity index (χ4v) is 1.90. The van der Waals surface area contributed by atoms with Crippen molar-refractivity contribution < 1.29 is 13.6 Å². The molecular formula is C10H17F2NO. The third-order valence-corrected chi connectivity index (χ3v) is 2.80. The van der Waals surface area contributed by atoms with Gasteiger partial charge in [-0.25, -0.2) is 0 Å². The Labute approximate surface area is 83.1 Å². The second-order valence-electron chi connectivity index (χ2n) is 4.12. The Morgan fingerprint density at radius 1 is 1.29 bits per heavy atom. The quantitative estimate of drug-likeness (QED) is 0.689. The Morgan fingerprint density at radius 2 is 2.00 bits per heavy atom. The Balaban J connectivity index is 2.33. The first-order valence-corrected chi connectivity index (χ1v) is 5.18. The minimum Gasteiger partial charge on any atom is -0.348 e. The zero-order chi connectivity index (χ0) is 10.6. The van der Waals surface area contributed by atoms with Crippen LogP contribution in [0.2, 0.25) is 0 Å². The molecule has 0 heterocycles. The van der Waals surface area contributed by atoms with E-state index in [0.29, 0.717) is 5.92 Å². The van der Waals surface area contributed by atoms with Crippen molar-refractivity contribution >= 4 is 5.91 Å². The van der Waals surface area contributed by atoms with Crippen molar-refractivity contribution in [1.82, 2.24) is 5.32 Å². The maximum atomic E-state index is 11.9. The summed E-state index contributed by atoms with van der Waals surface area (Å²) in [4.78, 5) is 10.7. The fourth-order valence-electron chi connectivity index (χ4n) is 1.90. The van der Waals surface area contributed by atoms with Crippen LogP contribution in [0.15, 0.2) is 0 Å². The van der Waals surface area contributed by atoms with E-state index in [1.54, 1.807) is 0 Å². The van der Waals surface area contributed by atoms with Crippen molar-refractivity contribution in [1.29, 1.82) is 0 Å². The van der Waals surface area contributed by atoms with E-state index in [1.165, 1.54) is 0 Å². The molecule has 1 saturated carbocycles. The molecule has 2 unspecified atom stereocenters. The number of alkyl halides is 2. The second-order valence-corrected chi connectivity index (χ2v) is 4.12. The van der Waals surface area contributed by atoms with Gasteiger partial charge >= 0.3 is 6.43 Å². The van der Waals surface area contributed by atoms with Crippen LogP contribution < -0.4 is 5.32 Å². The predicted octanol–water partition coefficient (Wildman–Crippen LogP) is 2.34. The highest BCUT2D eigenvalue weighted by atomic mass is 19.3. The third-order valence-electron chi connectivity index (χ3n) is 2.80. The van der Waals surface area contributed by atoms with Gasteiger partial charge in [0.25, 0.3) is 5.91 Å². The number of hydrogen-bond donors (Lipinski definition) is 1. The van der Waals surface area contributed by atoms with E-state index in [4.69, 9.17) is 0 Å². The average Bonchev–Trinajstić information content (AvgIpc) is 2.31. The van der Waals surface area contributed by atoms with Gasteiger partial charge in [-0.05, 0) is 25.2 Å². The molecule has 0 bridgehead atoms. The summed E-state index contributed by atoms with van der Waals surface area (Å²) >= 11 is 0. The van der Waals surface area contributed by atoms with Gasteiger partial charge in [0.05, 0.1) is 0 Å². The first-order chi connectivity index (χ1) is 6.59. The lowest BCUT2D eigenvalue weighted by molar-refractivity contribution is -0.132. The Kier molecular flexibility index (Phi) is 4.29. The molecule has 0 aromatic heterocycles. The summed E-state index contributed by atoms with van der Waals surface area (Å²) in [6, 6.07) is -0.0403. The van der Waals surface area contributed by atoms with Gasteiger partial charge in [0, 0.05) is 6.04 Å². The second kappa shape index (κ2) is 5.27. The van der Waals surface area contributed by atoms with E-state index in [0.717, 1.165) is 32.1 Å². The summed E-state index contributed by atoms with van der Waals surface area (Å²) in [5, 5.41) is 2.39. The summed E-state index contributed by atoms with van der Waals surface area (Å²) in [6.45, 7) is 2.16. The molecule has 82 valence electrons. The smallest absolute Gasteiger partial charge is 0.315 e. The van der Waals surface area contributed by atoms with Gasteiger partial charge in [-0.1, -0.05) is 19.8 Å². The molecule has 0 aliphatic heterocycles. The first-order valence-electron chi connectivity index (χ1n) is 5.18. The first kappa shape index (κ1) is 11.4. The number of hydrogen-bond acceptors (Lipinski definition) is 1. The zero-order valence-corrected chi connectivity index (χ0v) is 8.43. The van der Waals surface area contributed by atoms with E-state index in [9.17, 15) is 13.6 Å². The summed E-state index contributed by atoms with van der Waals surface area (Å²) in [6.07, 6.45) is 1.98. The molecule has 2 atom stereocenters. The lowest BCUT2D eigenvalue weighted by Gasteiger charge is -2.15. The van der Waals surface area contributed by atoms with Crippen molar-refractivity contribution in [3.8, 4) is 0 Å². The third kappa shape index (κ3) is 3.60. The topological polar surface area (TPSA) is 29.1 Å². The highest BCUT2D eigenvalue weighted by Crippen LogP contribution is 2.22. The van der Waals surface area contributed by atoms with Gasteiger partial charge in [0.1, 0.15) is 0 Å². The van der Waals surface area contributed by atoms with Crippen LogP contribution in [0.3, 0.4) is 0 Å². The SMILES string of the molecule is CC1CCCC(NC(=O)C(F)F)CC1. The molecule has 0 radical (unpaired) electrons. The van der Waals surface area contributed by atoms with Crippen LogP contribution in [-0.2, 0) is 4.79 Å². The molecule has 0 aromatic carbocycles. The Bertz CT molecular complexity index is 197. The minimum absolute atomic E-state index is 0.0403. The van der Waals surface area contributed by atoms with Gasteiger partial charge < -0.3 is 5.32 Å². The molecule has 1 rings (SSSR count). The standard InChI is InChI=1S/C10H17F2NO/c1-7-3-2-4-8(6-5-7)13-10(14)9(11)12/h7-9H,2-6H2,1H3,(H,13,14). The molecule has 1 aliphatic rings. The van der Waals surface area contributed by atoms with E-state index < -0.39 is 12.3 Å². The molecule has 1 aliphatic carbocycles. The van der Waals surface area contributed by atoms with Crippen LogP contribution in [0.5, 0.6) is 0 Å².